The standard InChI is InChI=1S/C9H16BrN3O2S/c1-9(2,16(4,14)15)8(11)7-6(10)5-12-13(7)3/h5,8H,11H2,1-4H3. The number of sulfone groups is 1. The second-order valence-electron chi connectivity index (χ2n) is 4.35. The average molecular weight is 310 g/mol. The fourth-order valence-corrected chi connectivity index (χ4v) is 2.50. The molecule has 16 heavy (non-hydrogen) atoms. The van der Waals surface area contributed by atoms with Crippen LogP contribution < -0.4 is 5.73 Å². The summed E-state index contributed by atoms with van der Waals surface area (Å²) in [6.45, 7) is 3.24. The number of aryl methyl sites for hydroxylation is 1. The van der Waals surface area contributed by atoms with Crippen LogP contribution in [0.15, 0.2) is 10.7 Å². The molecule has 1 aromatic heterocycles. The van der Waals surface area contributed by atoms with E-state index >= 15 is 0 Å². The Balaban J connectivity index is 3.28. The Kier molecular flexibility index (Phi) is 3.52. The second kappa shape index (κ2) is 4.12. The highest BCUT2D eigenvalue weighted by atomic mass is 79.9. The van der Waals surface area contributed by atoms with E-state index in [-0.39, 0.29) is 0 Å². The molecule has 0 saturated heterocycles. The van der Waals surface area contributed by atoms with Gasteiger partial charge in [0.05, 0.1) is 27.2 Å². The van der Waals surface area contributed by atoms with Crippen LogP contribution in [0, 0.1) is 0 Å². The Morgan fingerprint density at radius 1 is 1.56 bits per heavy atom. The van der Waals surface area contributed by atoms with E-state index in [9.17, 15) is 8.42 Å². The van der Waals surface area contributed by atoms with E-state index in [0.29, 0.717) is 5.69 Å². The Hall–Kier alpha value is -0.400. The monoisotopic (exact) mass is 309 g/mol. The van der Waals surface area contributed by atoms with Crippen molar-refractivity contribution in [3.8, 4) is 0 Å². The molecule has 0 aliphatic rings. The van der Waals surface area contributed by atoms with Crippen LogP contribution in [0.25, 0.3) is 0 Å². The molecule has 0 aromatic carbocycles. The summed E-state index contributed by atoms with van der Waals surface area (Å²) in [6, 6.07) is -0.635. The number of nitrogens with two attached hydrogens (primary N) is 1. The van der Waals surface area contributed by atoms with Crippen LogP contribution in [0.3, 0.4) is 0 Å². The first-order chi connectivity index (χ1) is 7.09. The number of aromatic nitrogens is 2. The zero-order valence-corrected chi connectivity index (χ0v) is 12.1. The third-order valence-electron chi connectivity index (χ3n) is 2.94. The molecule has 0 radical (unpaired) electrons. The van der Waals surface area contributed by atoms with Crippen molar-refractivity contribution in [2.24, 2.45) is 12.8 Å². The lowest BCUT2D eigenvalue weighted by molar-refractivity contribution is 0.474. The van der Waals surface area contributed by atoms with Crippen molar-refractivity contribution in [2.45, 2.75) is 24.6 Å². The first-order valence-corrected chi connectivity index (χ1v) is 7.40. The van der Waals surface area contributed by atoms with Gasteiger partial charge < -0.3 is 5.73 Å². The predicted molar refractivity (Wildman–Crippen MR) is 66.8 cm³/mol. The van der Waals surface area contributed by atoms with Crippen LogP contribution in [0.1, 0.15) is 25.6 Å². The molecule has 1 rings (SSSR count). The van der Waals surface area contributed by atoms with E-state index in [1.54, 1.807) is 31.8 Å². The zero-order valence-electron chi connectivity index (χ0n) is 9.73. The number of nitrogens with zero attached hydrogens (tertiary/aromatic N) is 2. The second-order valence-corrected chi connectivity index (χ2v) is 7.81. The van der Waals surface area contributed by atoms with E-state index in [1.807, 2.05) is 0 Å². The molecule has 0 amide bonds. The SMILES string of the molecule is Cn1ncc(Br)c1C(N)C(C)(C)S(C)(=O)=O. The van der Waals surface area contributed by atoms with E-state index in [1.165, 1.54) is 6.26 Å². The molecule has 1 unspecified atom stereocenters. The summed E-state index contributed by atoms with van der Waals surface area (Å²) >= 11 is 3.32. The van der Waals surface area contributed by atoms with Crippen molar-refractivity contribution in [1.82, 2.24) is 9.78 Å². The van der Waals surface area contributed by atoms with Crippen molar-refractivity contribution < 1.29 is 8.42 Å². The van der Waals surface area contributed by atoms with Gasteiger partial charge in [0.15, 0.2) is 9.84 Å². The minimum Gasteiger partial charge on any atom is -0.321 e. The summed E-state index contributed by atoms with van der Waals surface area (Å²) in [7, 11) is -1.51. The minimum atomic E-state index is -3.25. The lowest BCUT2D eigenvalue weighted by atomic mass is 10.0. The highest BCUT2D eigenvalue weighted by Crippen LogP contribution is 2.33. The summed E-state index contributed by atoms with van der Waals surface area (Å²) < 4.78 is 24.6. The molecule has 1 heterocycles. The molecule has 0 saturated carbocycles. The van der Waals surface area contributed by atoms with Crippen molar-refractivity contribution in [3.63, 3.8) is 0 Å². The smallest absolute Gasteiger partial charge is 0.154 e. The molecule has 7 heteroatoms. The van der Waals surface area contributed by atoms with Gasteiger partial charge >= 0.3 is 0 Å². The summed E-state index contributed by atoms with van der Waals surface area (Å²) in [6.07, 6.45) is 2.80. The first-order valence-electron chi connectivity index (χ1n) is 4.71. The summed E-state index contributed by atoms with van der Waals surface area (Å²) in [5.41, 5.74) is 6.71. The molecular weight excluding hydrogens is 294 g/mol. The van der Waals surface area contributed by atoms with Crippen molar-refractivity contribution in [3.05, 3.63) is 16.4 Å². The molecule has 0 fully saturated rings. The van der Waals surface area contributed by atoms with Crippen LogP contribution in [0.5, 0.6) is 0 Å². The highest BCUT2D eigenvalue weighted by Gasteiger charge is 2.39. The van der Waals surface area contributed by atoms with E-state index in [0.717, 1.165) is 4.47 Å². The molecule has 1 aromatic rings. The van der Waals surface area contributed by atoms with E-state index in [4.69, 9.17) is 5.73 Å². The quantitative estimate of drug-likeness (QED) is 0.903. The summed E-state index contributed by atoms with van der Waals surface area (Å²) in [5, 5.41) is 4.03. The topological polar surface area (TPSA) is 78.0 Å². The predicted octanol–water partition coefficient (Wildman–Crippen LogP) is 1.01. The minimum absolute atomic E-state index is 0.635. The van der Waals surface area contributed by atoms with Crippen LogP contribution in [0.2, 0.25) is 0 Å². The fraction of sp³-hybridized carbons (Fsp3) is 0.667. The first kappa shape index (κ1) is 13.7. The van der Waals surface area contributed by atoms with Crippen molar-refractivity contribution in [1.29, 1.82) is 0 Å². The maximum atomic E-state index is 11.7. The Bertz CT molecular complexity index is 473. The normalized spacial score (nSPS) is 15.1. The Morgan fingerprint density at radius 2 is 2.06 bits per heavy atom. The molecule has 0 bridgehead atoms. The fourth-order valence-electron chi connectivity index (χ4n) is 1.33. The molecule has 0 aliphatic heterocycles. The van der Waals surface area contributed by atoms with Gasteiger partial charge in [-0.05, 0) is 29.8 Å². The zero-order chi connectivity index (χ0) is 12.7. The van der Waals surface area contributed by atoms with Crippen LogP contribution in [-0.4, -0.2) is 29.2 Å². The summed E-state index contributed by atoms with van der Waals surface area (Å²) in [4.78, 5) is 0. The van der Waals surface area contributed by atoms with Crippen molar-refractivity contribution in [2.75, 3.05) is 6.26 Å². The van der Waals surface area contributed by atoms with Gasteiger partial charge in [0.25, 0.3) is 0 Å². The Morgan fingerprint density at radius 3 is 2.38 bits per heavy atom. The molecule has 92 valence electrons. The largest absolute Gasteiger partial charge is 0.321 e. The highest BCUT2D eigenvalue weighted by molar-refractivity contribution is 9.10. The van der Waals surface area contributed by atoms with Gasteiger partial charge in [-0.2, -0.15) is 5.10 Å². The van der Waals surface area contributed by atoms with E-state index in [2.05, 4.69) is 21.0 Å². The third kappa shape index (κ3) is 2.16. The molecule has 5 nitrogen and oxygen atoms in total. The average Bonchev–Trinajstić information content (AvgIpc) is 2.43. The van der Waals surface area contributed by atoms with Gasteiger partial charge in [-0.25, -0.2) is 8.42 Å². The van der Waals surface area contributed by atoms with Gasteiger partial charge in [-0.15, -0.1) is 0 Å². The van der Waals surface area contributed by atoms with Gasteiger partial charge in [0, 0.05) is 13.3 Å². The molecule has 2 N–H and O–H groups in total. The number of halogens is 1. The maximum absolute atomic E-state index is 11.7. The van der Waals surface area contributed by atoms with Crippen molar-refractivity contribution >= 4 is 25.8 Å². The summed E-state index contributed by atoms with van der Waals surface area (Å²) in [5.74, 6) is 0. The lowest BCUT2D eigenvalue weighted by Gasteiger charge is -2.29. The van der Waals surface area contributed by atoms with Gasteiger partial charge in [0.2, 0.25) is 0 Å². The number of rotatable bonds is 3. The van der Waals surface area contributed by atoms with Gasteiger partial charge in [-0.1, -0.05) is 0 Å². The van der Waals surface area contributed by atoms with Crippen LogP contribution in [-0.2, 0) is 16.9 Å². The van der Waals surface area contributed by atoms with Crippen LogP contribution in [0.4, 0.5) is 0 Å². The number of hydrogen-bond acceptors (Lipinski definition) is 4. The molecule has 0 aliphatic carbocycles. The molecule has 0 spiro atoms. The van der Waals surface area contributed by atoms with Gasteiger partial charge in [0.1, 0.15) is 0 Å². The molecule has 1 atom stereocenters. The lowest BCUT2D eigenvalue weighted by Crippen LogP contribution is -2.43. The van der Waals surface area contributed by atoms with E-state index < -0.39 is 20.6 Å². The van der Waals surface area contributed by atoms with Crippen LogP contribution >= 0.6 is 15.9 Å². The maximum Gasteiger partial charge on any atom is 0.154 e. The Labute approximate surface area is 104 Å². The number of hydrogen-bond donors (Lipinski definition) is 1. The third-order valence-corrected chi connectivity index (χ3v) is 5.71. The molecular formula is C9H16BrN3O2S. The van der Waals surface area contributed by atoms with Gasteiger partial charge in [-0.3, -0.25) is 4.68 Å².